The molecule has 0 aromatic carbocycles. The largest absolute Gasteiger partial charge is 0.480 e. The molecule has 0 aliphatic heterocycles. The molecule has 0 saturated carbocycles. The lowest BCUT2D eigenvalue weighted by atomic mass is 9.98. The molecular weight excluding hydrogens is 308 g/mol. The smallest absolute Gasteiger partial charge is 0.329 e. The topological polar surface area (TPSA) is 97.1 Å². The molecule has 0 fully saturated rings. The van der Waals surface area contributed by atoms with Crippen molar-refractivity contribution >= 4 is 22.9 Å². The molecule has 2 rings (SSSR count). The highest BCUT2D eigenvalue weighted by molar-refractivity contribution is 6.07. The summed E-state index contributed by atoms with van der Waals surface area (Å²) in [5.74, 6) is -1.49. The van der Waals surface area contributed by atoms with E-state index >= 15 is 0 Å². The molecule has 0 bridgehead atoms. The van der Waals surface area contributed by atoms with Crippen LogP contribution in [0.1, 0.15) is 62.6 Å². The lowest BCUT2D eigenvalue weighted by Crippen LogP contribution is -2.51. The third-order valence-corrected chi connectivity index (χ3v) is 4.52. The Kier molecular flexibility index (Phi) is 4.91. The van der Waals surface area contributed by atoms with E-state index in [0.717, 1.165) is 6.42 Å². The van der Waals surface area contributed by atoms with Gasteiger partial charge in [0.15, 0.2) is 5.65 Å². The fraction of sp³-hybridized carbons (Fsp3) is 0.529. The van der Waals surface area contributed by atoms with Crippen LogP contribution in [-0.2, 0) is 4.79 Å². The molecule has 130 valence electrons. The Balaban J connectivity index is 2.51. The van der Waals surface area contributed by atoms with E-state index in [1.54, 1.807) is 30.8 Å². The third-order valence-electron chi connectivity index (χ3n) is 4.52. The number of amides is 1. The Morgan fingerprint density at radius 3 is 2.62 bits per heavy atom. The van der Waals surface area contributed by atoms with Gasteiger partial charge in [-0.2, -0.15) is 5.10 Å². The summed E-state index contributed by atoms with van der Waals surface area (Å²) in [5, 5.41) is 17.0. The Labute approximate surface area is 141 Å². The number of fused-ring (bicyclic) bond motifs is 1. The molecule has 2 heterocycles. The van der Waals surface area contributed by atoms with Gasteiger partial charge in [-0.05, 0) is 39.7 Å². The lowest BCUT2D eigenvalue weighted by molar-refractivity contribution is -0.143. The summed E-state index contributed by atoms with van der Waals surface area (Å²) in [6.07, 6.45) is 2.79. The van der Waals surface area contributed by atoms with Crippen LogP contribution in [0.4, 0.5) is 0 Å². The molecular formula is C17H24N4O3. The molecule has 2 aromatic heterocycles. The molecule has 0 aliphatic rings. The van der Waals surface area contributed by atoms with Crippen LogP contribution in [0.3, 0.4) is 0 Å². The number of hydrogen-bond donors (Lipinski definition) is 2. The molecule has 2 atom stereocenters. The molecule has 7 heteroatoms. The summed E-state index contributed by atoms with van der Waals surface area (Å²) in [4.78, 5) is 28.6. The molecule has 2 aromatic rings. The minimum absolute atomic E-state index is 0.160. The molecule has 7 nitrogen and oxygen atoms in total. The van der Waals surface area contributed by atoms with Crippen molar-refractivity contribution in [3.05, 3.63) is 23.5 Å². The summed E-state index contributed by atoms with van der Waals surface area (Å²) in [5.41, 5.74) is 0.412. The second kappa shape index (κ2) is 6.59. The first-order chi connectivity index (χ1) is 11.2. The number of rotatable bonds is 6. The number of nitrogens with zero attached hydrogens (tertiary/aromatic N) is 3. The van der Waals surface area contributed by atoms with E-state index in [-0.39, 0.29) is 12.5 Å². The number of pyridine rings is 1. The van der Waals surface area contributed by atoms with E-state index < -0.39 is 17.4 Å². The van der Waals surface area contributed by atoms with E-state index in [2.05, 4.69) is 22.3 Å². The van der Waals surface area contributed by atoms with E-state index in [1.807, 2.05) is 6.92 Å². The highest BCUT2D eigenvalue weighted by atomic mass is 16.4. The van der Waals surface area contributed by atoms with Gasteiger partial charge in [0.2, 0.25) is 0 Å². The highest BCUT2D eigenvalue weighted by Crippen LogP contribution is 2.23. The lowest BCUT2D eigenvalue weighted by Gasteiger charge is -2.24. The maximum atomic E-state index is 12.7. The number of aromatic nitrogens is 3. The van der Waals surface area contributed by atoms with Gasteiger partial charge >= 0.3 is 5.97 Å². The SMILES string of the molecule is CCC(C)n1ncc2c(C(=O)NC(C)(CC)C(=O)O)cc(C)nc21. The minimum atomic E-state index is -1.31. The van der Waals surface area contributed by atoms with Crippen LogP contribution in [0.2, 0.25) is 0 Å². The summed E-state index contributed by atoms with van der Waals surface area (Å²) < 4.78 is 1.80. The number of carboxylic acid groups (broad SMARTS) is 1. The van der Waals surface area contributed by atoms with Crippen LogP contribution in [0, 0.1) is 6.92 Å². The molecule has 0 aliphatic carbocycles. The van der Waals surface area contributed by atoms with Gasteiger partial charge in [-0.15, -0.1) is 0 Å². The van der Waals surface area contributed by atoms with Gasteiger partial charge in [0.1, 0.15) is 5.54 Å². The summed E-state index contributed by atoms with van der Waals surface area (Å²) >= 11 is 0. The zero-order valence-electron chi connectivity index (χ0n) is 14.8. The first-order valence-electron chi connectivity index (χ1n) is 8.14. The van der Waals surface area contributed by atoms with Crippen molar-refractivity contribution in [3.63, 3.8) is 0 Å². The highest BCUT2D eigenvalue weighted by Gasteiger charge is 2.33. The maximum Gasteiger partial charge on any atom is 0.329 e. The zero-order valence-corrected chi connectivity index (χ0v) is 14.8. The van der Waals surface area contributed by atoms with Gasteiger partial charge in [0.25, 0.3) is 5.91 Å². The number of hydrogen-bond acceptors (Lipinski definition) is 4. The van der Waals surface area contributed by atoms with Crippen LogP contribution >= 0.6 is 0 Å². The standard InChI is InChI=1S/C17H24N4O3/c1-6-11(4)21-14-13(9-18-21)12(8-10(3)19-14)15(22)20-17(5,7-2)16(23)24/h8-9,11H,6-7H2,1-5H3,(H,20,22)(H,23,24). The normalized spacial score (nSPS) is 15.0. The van der Waals surface area contributed by atoms with Crippen molar-refractivity contribution in [1.29, 1.82) is 0 Å². The molecule has 2 unspecified atom stereocenters. The number of nitrogens with one attached hydrogen (secondary N) is 1. The third kappa shape index (κ3) is 3.11. The van der Waals surface area contributed by atoms with Gasteiger partial charge in [0.05, 0.1) is 23.2 Å². The summed E-state index contributed by atoms with van der Waals surface area (Å²) in [6.45, 7) is 9.13. The van der Waals surface area contributed by atoms with Crippen LogP contribution in [0.15, 0.2) is 12.3 Å². The van der Waals surface area contributed by atoms with Gasteiger partial charge < -0.3 is 10.4 Å². The van der Waals surface area contributed by atoms with E-state index in [9.17, 15) is 14.7 Å². The molecule has 24 heavy (non-hydrogen) atoms. The zero-order chi connectivity index (χ0) is 18.1. The maximum absolute atomic E-state index is 12.7. The monoisotopic (exact) mass is 332 g/mol. The average Bonchev–Trinajstić information content (AvgIpc) is 2.96. The van der Waals surface area contributed by atoms with Gasteiger partial charge in [-0.3, -0.25) is 4.79 Å². The molecule has 1 amide bonds. The van der Waals surface area contributed by atoms with Crippen molar-refractivity contribution in [3.8, 4) is 0 Å². The Bertz CT molecular complexity index is 783. The first kappa shape index (κ1) is 17.9. The predicted molar refractivity (Wildman–Crippen MR) is 91.1 cm³/mol. The number of carbonyl (C=O) groups excluding carboxylic acids is 1. The Morgan fingerprint density at radius 2 is 2.08 bits per heavy atom. The molecule has 0 radical (unpaired) electrons. The predicted octanol–water partition coefficient (Wildman–Crippen LogP) is 2.69. The molecule has 0 saturated heterocycles. The molecule has 2 N–H and O–H groups in total. The second-order valence-electron chi connectivity index (χ2n) is 6.34. The van der Waals surface area contributed by atoms with Crippen molar-refractivity contribution in [2.45, 2.75) is 59.0 Å². The first-order valence-corrected chi connectivity index (χ1v) is 8.14. The summed E-state index contributed by atoms with van der Waals surface area (Å²) in [6, 6.07) is 1.82. The van der Waals surface area contributed by atoms with E-state index in [1.165, 1.54) is 6.92 Å². The van der Waals surface area contributed by atoms with Crippen LogP contribution < -0.4 is 5.32 Å². The van der Waals surface area contributed by atoms with Crippen LogP contribution in [-0.4, -0.2) is 37.3 Å². The Morgan fingerprint density at radius 1 is 1.42 bits per heavy atom. The number of aliphatic carboxylic acids is 1. The van der Waals surface area contributed by atoms with E-state index in [0.29, 0.717) is 22.3 Å². The van der Waals surface area contributed by atoms with E-state index in [4.69, 9.17) is 0 Å². The van der Waals surface area contributed by atoms with Crippen molar-refractivity contribution in [1.82, 2.24) is 20.1 Å². The number of aryl methyl sites for hydroxylation is 1. The Hall–Kier alpha value is -2.44. The summed E-state index contributed by atoms with van der Waals surface area (Å²) in [7, 11) is 0. The fourth-order valence-corrected chi connectivity index (χ4v) is 2.44. The van der Waals surface area contributed by atoms with Crippen molar-refractivity contribution in [2.75, 3.05) is 0 Å². The van der Waals surface area contributed by atoms with Gasteiger partial charge in [-0.1, -0.05) is 13.8 Å². The number of carbonyl (C=O) groups is 2. The minimum Gasteiger partial charge on any atom is -0.480 e. The van der Waals surface area contributed by atoms with Crippen LogP contribution in [0.5, 0.6) is 0 Å². The quantitative estimate of drug-likeness (QED) is 0.847. The van der Waals surface area contributed by atoms with Gasteiger partial charge in [0, 0.05) is 5.69 Å². The average molecular weight is 332 g/mol. The van der Waals surface area contributed by atoms with Gasteiger partial charge in [-0.25, -0.2) is 14.5 Å². The van der Waals surface area contributed by atoms with Crippen LogP contribution in [0.25, 0.3) is 11.0 Å². The number of carboxylic acids is 1. The molecule has 0 spiro atoms. The second-order valence-corrected chi connectivity index (χ2v) is 6.34. The van der Waals surface area contributed by atoms with Crippen molar-refractivity contribution in [2.24, 2.45) is 0 Å². The fourth-order valence-electron chi connectivity index (χ4n) is 2.44. The van der Waals surface area contributed by atoms with Crippen molar-refractivity contribution < 1.29 is 14.7 Å².